The summed E-state index contributed by atoms with van der Waals surface area (Å²) in [5.41, 5.74) is 1.50. The van der Waals surface area contributed by atoms with E-state index in [2.05, 4.69) is 21.2 Å². The van der Waals surface area contributed by atoms with E-state index < -0.39 is 0 Å². The SMILES string of the molecule is COCCN(CC(=O)N(Cc1ccc2c(c1)OCO2)Cc1ccc(C)o1)C(=O)Nc1ccc(Br)cc1. The Labute approximate surface area is 218 Å². The molecule has 1 aromatic heterocycles. The number of furan rings is 1. The van der Waals surface area contributed by atoms with Crippen molar-refractivity contribution in [1.82, 2.24) is 9.80 Å². The van der Waals surface area contributed by atoms with Gasteiger partial charge in [0.15, 0.2) is 11.5 Å². The van der Waals surface area contributed by atoms with Crippen molar-refractivity contribution >= 4 is 33.6 Å². The summed E-state index contributed by atoms with van der Waals surface area (Å²) in [6, 6.07) is 16.1. The molecule has 9 nitrogen and oxygen atoms in total. The normalized spacial score (nSPS) is 11.9. The molecule has 0 radical (unpaired) electrons. The molecule has 0 saturated heterocycles. The summed E-state index contributed by atoms with van der Waals surface area (Å²) in [5, 5.41) is 2.84. The molecule has 10 heteroatoms. The van der Waals surface area contributed by atoms with Gasteiger partial charge in [0, 0.05) is 30.4 Å². The van der Waals surface area contributed by atoms with Crippen LogP contribution in [0.1, 0.15) is 17.1 Å². The summed E-state index contributed by atoms with van der Waals surface area (Å²) in [4.78, 5) is 29.7. The van der Waals surface area contributed by atoms with Crippen molar-refractivity contribution in [3.05, 3.63) is 76.2 Å². The third-order valence-corrected chi connectivity index (χ3v) is 6.11. The fourth-order valence-corrected chi connectivity index (χ4v) is 3.97. The number of nitrogens with zero attached hydrogens (tertiary/aromatic N) is 2. The lowest BCUT2D eigenvalue weighted by molar-refractivity contribution is -0.133. The zero-order valence-corrected chi connectivity index (χ0v) is 21.7. The van der Waals surface area contributed by atoms with E-state index in [1.165, 1.54) is 4.90 Å². The average molecular weight is 558 g/mol. The Bertz CT molecular complexity index is 1200. The quantitative estimate of drug-likeness (QED) is 0.385. The molecule has 0 unspecified atom stereocenters. The predicted octanol–water partition coefficient (Wildman–Crippen LogP) is 4.79. The number of urea groups is 1. The van der Waals surface area contributed by atoms with Crippen LogP contribution in [0.15, 0.2) is 63.5 Å². The number of carbonyl (C=O) groups is 2. The van der Waals surface area contributed by atoms with Gasteiger partial charge in [-0.25, -0.2) is 4.79 Å². The summed E-state index contributed by atoms with van der Waals surface area (Å²) in [7, 11) is 1.55. The number of nitrogens with one attached hydrogen (secondary N) is 1. The maximum atomic E-state index is 13.5. The molecule has 0 aliphatic carbocycles. The molecular formula is C26H28BrN3O6. The van der Waals surface area contributed by atoms with Gasteiger partial charge in [0.2, 0.25) is 12.7 Å². The first-order valence-electron chi connectivity index (χ1n) is 11.4. The molecule has 0 fully saturated rings. The first-order chi connectivity index (χ1) is 17.4. The number of benzene rings is 2. The largest absolute Gasteiger partial charge is 0.464 e. The highest BCUT2D eigenvalue weighted by Gasteiger charge is 2.24. The molecule has 0 atom stereocenters. The van der Waals surface area contributed by atoms with Crippen molar-refractivity contribution in [3.63, 3.8) is 0 Å². The van der Waals surface area contributed by atoms with Gasteiger partial charge in [0.25, 0.3) is 0 Å². The highest BCUT2D eigenvalue weighted by Crippen LogP contribution is 2.33. The third kappa shape index (κ3) is 6.79. The Morgan fingerprint density at radius 2 is 1.78 bits per heavy atom. The van der Waals surface area contributed by atoms with Gasteiger partial charge in [-0.3, -0.25) is 4.79 Å². The van der Waals surface area contributed by atoms with Gasteiger partial charge in [0.1, 0.15) is 18.1 Å². The number of hydrogen-bond donors (Lipinski definition) is 1. The van der Waals surface area contributed by atoms with Crippen molar-refractivity contribution in [2.24, 2.45) is 0 Å². The lowest BCUT2D eigenvalue weighted by atomic mass is 10.2. The minimum atomic E-state index is -0.389. The molecule has 190 valence electrons. The molecular weight excluding hydrogens is 530 g/mol. The molecule has 1 aliphatic heterocycles. The summed E-state index contributed by atoms with van der Waals surface area (Å²) in [6.07, 6.45) is 0. The van der Waals surface area contributed by atoms with Gasteiger partial charge in [-0.2, -0.15) is 0 Å². The zero-order valence-electron chi connectivity index (χ0n) is 20.2. The van der Waals surface area contributed by atoms with Crippen LogP contribution < -0.4 is 14.8 Å². The Balaban J connectivity index is 1.50. The number of carbonyl (C=O) groups excluding carboxylic acids is 2. The molecule has 1 aliphatic rings. The Kier molecular flexibility index (Phi) is 8.50. The van der Waals surface area contributed by atoms with Gasteiger partial charge in [-0.1, -0.05) is 22.0 Å². The summed E-state index contributed by atoms with van der Waals surface area (Å²) in [5.74, 6) is 2.50. The number of ether oxygens (including phenoxy) is 3. The summed E-state index contributed by atoms with van der Waals surface area (Å²) >= 11 is 3.38. The molecule has 0 saturated carbocycles. The maximum Gasteiger partial charge on any atom is 0.322 e. The summed E-state index contributed by atoms with van der Waals surface area (Å²) in [6.45, 7) is 3.01. The van der Waals surface area contributed by atoms with Crippen molar-refractivity contribution in [2.45, 2.75) is 20.0 Å². The number of hydrogen-bond acceptors (Lipinski definition) is 6. The van der Waals surface area contributed by atoms with E-state index in [9.17, 15) is 9.59 Å². The average Bonchev–Trinajstić information content (AvgIpc) is 3.50. The molecule has 36 heavy (non-hydrogen) atoms. The van der Waals surface area contributed by atoms with Crippen LogP contribution in [-0.4, -0.2) is 55.3 Å². The van der Waals surface area contributed by atoms with E-state index >= 15 is 0 Å². The van der Waals surface area contributed by atoms with Crippen molar-refractivity contribution in [1.29, 1.82) is 0 Å². The number of rotatable bonds is 10. The van der Waals surface area contributed by atoms with E-state index in [0.717, 1.165) is 15.8 Å². The standard InChI is InChI=1S/C26H28BrN3O6/c1-18-3-9-22(36-18)15-30(14-19-4-10-23-24(13-19)35-17-34-23)25(31)16-29(11-12-33-2)26(32)28-21-7-5-20(27)6-8-21/h3-10,13H,11-12,14-17H2,1-2H3,(H,28,32). The van der Waals surface area contributed by atoms with Crippen LogP contribution in [0.2, 0.25) is 0 Å². The molecule has 0 bridgehead atoms. The Hall–Kier alpha value is -3.50. The first-order valence-corrected chi connectivity index (χ1v) is 12.2. The van der Waals surface area contributed by atoms with Crippen molar-refractivity contribution in [3.8, 4) is 11.5 Å². The molecule has 2 heterocycles. The maximum absolute atomic E-state index is 13.5. The predicted molar refractivity (Wildman–Crippen MR) is 137 cm³/mol. The minimum absolute atomic E-state index is 0.129. The van der Waals surface area contributed by atoms with Crippen LogP contribution in [0.25, 0.3) is 0 Å². The second-order valence-corrected chi connectivity index (χ2v) is 9.22. The molecule has 0 spiro atoms. The van der Waals surface area contributed by atoms with E-state index in [4.69, 9.17) is 18.6 Å². The Morgan fingerprint density at radius 3 is 2.50 bits per heavy atom. The number of anilines is 1. The molecule has 3 amide bonds. The van der Waals surface area contributed by atoms with E-state index in [0.29, 0.717) is 36.1 Å². The molecule has 2 aromatic carbocycles. The summed E-state index contributed by atoms with van der Waals surface area (Å²) < 4.78 is 22.7. The first kappa shape index (κ1) is 25.6. The van der Waals surface area contributed by atoms with Crippen molar-refractivity contribution < 1.29 is 28.2 Å². The van der Waals surface area contributed by atoms with Gasteiger partial charge in [-0.15, -0.1) is 0 Å². The van der Waals surface area contributed by atoms with Gasteiger partial charge in [-0.05, 0) is 61.0 Å². The van der Waals surface area contributed by atoms with Crippen LogP contribution >= 0.6 is 15.9 Å². The third-order valence-electron chi connectivity index (χ3n) is 5.58. The van der Waals surface area contributed by atoms with Gasteiger partial charge >= 0.3 is 6.03 Å². The fraction of sp³-hybridized carbons (Fsp3) is 0.308. The zero-order chi connectivity index (χ0) is 25.5. The van der Waals surface area contributed by atoms with E-state index in [1.807, 2.05) is 49.4 Å². The second-order valence-electron chi connectivity index (χ2n) is 8.30. The van der Waals surface area contributed by atoms with Crippen LogP contribution in [-0.2, 0) is 22.6 Å². The van der Waals surface area contributed by atoms with Gasteiger partial charge < -0.3 is 33.7 Å². The number of aryl methyl sites for hydroxylation is 1. The second kappa shape index (κ2) is 12.0. The monoisotopic (exact) mass is 557 g/mol. The highest BCUT2D eigenvalue weighted by molar-refractivity contribution is 9.10. The number of halogens is 1. The number of methoxy groups -OCH3 is 1. The van der Waals surface area contributed by atoms with Crippen molar-refractivity contribution in [2.75, 3.05) is 38.9 Å². The van der Waals surface area contributed by atoms with Gasteiger partial charge in [0.05, 0.1) is 13.2 Å². The smallest absolute Gasteiger partial charge is 0.322 e. The molecule has 4 rings (SSSR count). The van der Waals surface area contributed by atoms with Crippen LogP contribution in [0, 0.1) is 6.92 Å². The Morgan fingerprint density at radius 1 is 1.00 bits per heavy atom. The lowest BCUT2D eigenvalue weighted by Gasteiger charge is -2.27. The minimum Gasteiger partial charge on any atom is -0.464 e. The molecule has 3 aromatic rings. The number of amides is 3. The van der Waals surface area contributed by atoms with E-state index in [1.54, 1.807) is 24.1 Å². The molecule has 1 N–H and O–H groups in total. The van der Waals surface area contributed by atoms with Crippen LogP contribution in [0.3, 0.4) is 0 Å². The van der Waals surface area contributed by atoms with Crippen LogP contribution in [0.4, 0.5) is 10.5 Å². The number of fused-ring (bicyclic) bond motifs is 1. The van der Waals surface area contributed by atoms with E-state index in [-0.39, 0.29) is 38.4 Å². The van der Waals surface area contributed by atoms with Crippen LogP contribution in [0.5, 0.6) is 11.5 Å². The fourth-order valence-electron chi connectivity index (χ4n) is 3.70. The highest BCUT2D eigenvalue weighted by atomic mass is 79.9. The topological polar surface area (TPSA) is 93.5 Å². The lowest BCUT2D eigenvalue weighted by Crippen LogP contribution is -2.45.